The maximum absolute atomic E-state index is 14.1. The molecule has 0 saturated heterocycles. The number of terminal acetylenes is 1. The first-order valence-electron chi connectivity index (χ1n) is 9.51. The molecule has 0 N–H and O–H groups in total. The number of ether oxygens (including phenoxy) is 1. The van der Waals surface area contributed by atoms with E-state index in [2.05, 4.69) is 5.92 Å². The van der Waals surface area contributed by atoms with E-state index in [4.69, 9.17) is 11.2 Å². The molecule has 0 aromatic heterocycles. The quantitative estimate of drug-likeness (QED) is 0.291. The van der Waals surface area contributed by atoms with Gasteiger partial charge in [-0.2, -0.15) is 13.2 Å². The molecule has 0 heterocycles. The molecule has 0 saturated carbocycles. The van der Waals surface area contributed by atoms with Gasteiger partial charge < -0.3 is 4.74 Å². The highest BCUT2D eigenvalue weighted by atomic mass is 19.4. The minimum atomic E-state index is -4.37. The van der Waals surface area contributed by atoms with E-state index in [1.54, 1.807) is 36.4 Å². The second-order valence-electron chi connectivity index (χ2n) is 6.91. The Morgan fingerprint density at radius 2 is 1.63 bits per heavy atom. The van der Waals surface area contributed by atoms with Gasteiger partial charge in [0, 0.05) is 5.92 Å². The summed E-state index contributed by atoms with van der Waals surface area (Å²) < 4.78 is 57.8. The molecule has 154 valence electrons. The van der Waals surface area contributed by atoms with Crippen LogP contribution in [0.25, 0.3) is 0 Å². The fraction of sp³-hybridized carbons (Fsp3) is 0.200. The zero-order chi connectivity index (χ0) is 21.6. The number of rotatable bonds is 7. The van der Waals surface area contributed by atoms with E-state index in [0.717, 1.165) is 17.7 Å². The van der Waals surface area contributed by atoms with Crippen LogP contribution >= 0.6 is 0 Å². The van der Waals surface area contributed by atoms with Crippen molar-refractivity contribution < 1.29 is 22.3 Å². The Morgan fingerprint density at radius 1 is 0.933 bits per heavy atom. The summed E-state index contributed by atoms with van der Waals surface area (Å²) in [6, 6.07) is 18.6. The van der Waals surface area contributed by atoms with Crippen LogP contribution in [0.15, 0.2) is 72.8 Å². The van der Waals surface area contributed by atoms with Crippen molar-refractivity contribution in [2.75, 3.05) is 0 Å². The summed E-state index contributed by atoms with van der Waals surface area (Å²) in [6.07, 6.45) is 3.18. The van der Waals surface area contributed by atoms with Gasteiger partial charge >= 0.3 is 6.18 Å². The molecule has 0 radical (unpaired) electrons. The van der Waals surface area contributed by atoms with Crippen LogP contribution in [0.5, 0.6) is 11.5 Å². The number of halogens is 4. The third-order valence-electron chi connectivity index (χ3n) is 4.77. The predicted octanol–water partition coefficient (Wildman–Crippen LogP) is 7.38. The topological polar surface area (TPSA) is 9.23 Å². The SMILES string of the molecule is C#CC(CCCc1ccc(F)c(Oc2ccccc2)c1)c1ccc(C(F)(F)F)cc1. The van der Waals surface area contributed by atoms with Crippen molar-refractivity contribution in [2.45, 2.75) is 31.4 Å². The molecule has 3 aromatic rings. The molecule has 1 unspecified atom stereocenters. The van der Waals surface area contributed by atoms with Gasteiger partial charge in [0.1, 0.15) is 5.75 Å². The van der Waals surface area contributed by atoms with Gasteiger partial charge in [-0.15, -0.1) is 6.42 Å². The molecule has 0 fully saturated rings. The Balaban J connectivity index is 1.61. The molecule has 3 rings (SSSR count). The zero-order valence-electron chi connectivity index (χ0n) is 16.1. The van der Waals surface area contributed by atoms with Crippen LogP contribution in [0, 0.1) is 18.2 Å². The third-order valence-corrected chi connectivity index (χ3v) is 4.77. The molecular weight excluding hydrogens is 392 g/mol. The molecule has 1 atom stereocenters. The minimum Gasteiger partial charge on any atom is -0.454 e. The summed E-state index contributed by atoms with van der Waals surface area (Å²) >= 11 is 0. The monoisotopic (exact) mass is 412 g/mol. The first kappa shape index (κ1) is 21.4. The summed E-state index contributed by atoms with van der Waals surface area (Å²) in [5, 5.41) is 0. The van der Waals surface area contributed by atoms with Crippen molar-refractivity contribution in [1.82, 2.24) is 0 Å². The van der Waals surface area contributed by atoms with Crippen molar-refractivity contribution in [3.8, 4) is 23.8 Å². The fourth-order valence-electron chi connectivity index (χ4n) is 3.16. The Morgan fingerprint density at radius 3 is 2.27 bits per heavy atom. The fourth-order valence-corrected chi connectivity index (χ4v) is 3.16. The Hall–Kier alpha value is -3.26. The zero-order valence-corrected chi connectivity index (χ0v) is 16.1. The first-order chi connectivity index (χ1) is 14.4. The second kappa shape index (κ2) is 9.49. The van der Waals surface area contributed by atoms with Crippen molar-refractivity contribution in [2.24, 2.45) is 0 Å². The number of hydrogen-bond donors (Lipinski definition) is 0. The van der Waals surface area contributed by atoms with Crippen molar-refractivity contribution in [1.29, 1.82) is 0 Å². The number of para-hydroxylation sites is 1. The number of aryl methyl sites for hydroxylation is 1. The Labute approximate surface area is 173 Å². The first-order valence-corrected chi connectivity index (χ1v) is 9.51. The van der Waals surface area contributed by atoms with Crippen molar-refractivity contribution in [3.63, 3.8) is 0 Å². The van der Waals surface area contributed by atoms with Gasteiger partial charge in [-0.25, -0.2) is 4.39 Å². The van der Waals surface area contributed by atoms with Crippen LogP contribution in [0.3, 0.4) is 0 Å². The minimum absolute atomic E-state index is 0.148. The highest BCUT2D eigenvalue weighted by molar-refractivity contribution is 5.35. The van der Waals surface area contributed by atoms with Crippen LogP contribution in [0.2, 0.25) is 0 Å². The normalized spacial score (nSPS) is 12.2. The molecule has 30 heavy (non-hydrogen) atoms. The van der Waals surface area contributed by atoms with Crippen molar-refractivity contribution in [3.05, 3.63) is 95.3 Å². The molecule has 0 aliphatic rings. The molecular formula is C25H20F4O. The lowest BCUT2D eigenvalue weighted by atomic mass is 9.92. The smallest absolute Gasteiger partial charge is 0.416 e. The van der Waals surface area contributed by atoms with Crippen molar-refractivity contribution >= 4 is 0 Å². The Bertz CT molecular complexity index is 1000. The molecule has 0 aliphatic heterocycles. The number of benzene rings is 3. The van der Waals surface area contributed by atoms with Gasteiger partial charge in [-0.1, -0.05) is 42.3 Å². The van der Waals surface area contributed by atoms with Crippen LogP contribution in [-0.4, -0.2) is 0 Å². The molecule has 0 bridgehead atoms. The average molecular weight is 412 g/mol. The summed E-state index contributed by atoms with van der Waals surface area (Å²) in [7, 11) is 0. The van der Waals surface area contributed by atoms with E-state index in [1.165, 1.54) is 18.2 Å². The molecule has 0 spiro atoms. The van der Waals surface area contributed by atoms with Crippen LogP contribution in [0.4, 0.5) is 17.6 Å². The molecule has 0 amide bonds. The van der Waals surface area contributed by atoms with Gasteiger partial charge in [-0.3, -0.25) is 0 Å². The van der Waals surface area contributed by atoms with E-state index >= 15 is 0 Å². The number of hydrogen-bond acceptors (Lipinski definition) is 1. The maximum Gasteiger partial charge on any atom is 0.416 e. The highest BCUT2D eigenvalue weighted by Gasteiger charge is 2.30. The van der Waals surface area contributed by atoms with E-state index in [1.807, 2.05) is 6.07 Å². The van der Waals surface area contributed by atoms with Gasteiger partial charge in [0.05, 0.1) is 5.56 Å². The summed E-state index contributed by atoms with van der Waals surface area (Å²) in [5.74, 6) is 2.61. The molecule has 5 heteroatoms. The predicted molar refractivity (Wildman–Crippen MR) is 109 cm³/mol. The average Bonchev–Trinajstić information content (AvgIpc) is 2.74. The van der Waals surface area contributed by atoms with E-state index in [0.29, 0.717) is 30.6 Å². The summed E-state index contributed by atoms with van der Waals surface area (Å²) in [4.78, 5) is 0. The molecule has 0 aliphatic carbocycles. The summed E-state index contributed by atoms with van der Waals surface area (Å²) in [6.45, 7) is 0. The Kier molecular flexibility index (Phi) is 6.79. The van der Waals surface area contributed by atoms with E-state index in [9.17, 15) is 17.6 Å². The van der Waals surface area contributed by atoms with Gasteiger partial charge in [0.25, 0.3) is 0 Å². The number of alkyl halides is 3. The highest BCUT2D eigenvalue weighted by Crippen LogP contribution is 2.31. The maximum atomic E-state index is 14.1. The van der Waals surface area contributed by atoms with Gasteiger partial charge in [0.15, 0.2) is 11.6 Å². The van der Waals surface area contributed by atoms with Crippen LogP contribution < -0.4 is 4.74 Å². The second-order valence-corrected chi connectivity index (χ2v) is 6.91. The molecule has 1 nitrogen and oxygen atoms in total. The van der Waals surface area contributed by atoms with Crippen LogP contribution in [-0.2, 0) is 12.6 Å². The lowest BCUT2D eigenvalue weighted by Crippen LogP contribution is -2.05. The lowest BCUT2D eigenvalue weighted by Gasteiger charge is -2.13. The lowest BCUT2D eigenvalue weighted by molar-refractivity contribution is -0.137. The largest absolute Gasteiger partial charge is 0.454 e. The molecule has 3 aromatic carbocycles. The van der Waals surface area contributed by atoms with E-state index < -0.39 is 17.6 Å². The van der Waals surface area contributed by atoms with E-state index in [-0.39, 0.29) is 11.7 Å². The third kappa shape index (κ3) is 5.64. The van der Waals surface area contributed by atoms with Gasteiger partial charge in [0.2, 0.25) is 0 Å². The summed E-state index contributed by atoms with van der Waals surface area (Å²) in [5.41, 5.74) is 0.877. The van der Waals surface area contributed by atoms with Crippen LogP contribution in [0.1, 0.15) is 35.4 Å². The van der Waals surface area contributed by atoms with Gasteiger partial charge in [-0.05, 0) is 66.8 Å². The standard InChI is InChI=1S/C25H20F4O/c1-2-19(20-12-14-21(15-13-20)25(27,28)29)8-6-7-18-11-16-23(26)24(17-18)30-22-9-4-3-5-10-22/h1,3-5,9-17,19H,6-8H2.